The van der Waals surface area contributed by atoms with Gasteiger partial charge in [-0.1, -0.05) is 6.07 Å². The highest BCUT2D eigenvalue weighted by molar-refractivity contribution is 6.37. The van der Waals surface area contributed by atoms with Gasteiger partial charge < -0.3 is 11.1 Å². The Morgan fingerprint density at radius 2 is 1.76 bits per heavy atom. The van der Waals surface area contributed by atoms with Crippen LogP contribution < -0.4 is 16.9 Å². The van der Waals surface area contributed by atoms with E-state index in [9.17, 15) is 31.9 Å². The Balaban J connectivity index is 3.02. The second kappa shape index (κ2) is 5.75. The third-order valence-electron chi connectivity index (χ3n) is 2.19. The zero-order valence-corrected chi connectivity index (χ0v) is 10.1. The van der Waals surface area contributed by atoms with Crippen LogP contribution in [0.5, 0.6) is 0 Å². The molecule has 1 rings (SSSR count). The van der Waals surface area contributed by atoms with Gasteiger partial charge in [0, 0.05) is 0 Å². The maximum absolute atomic E-state index is 13.6. The number of amides is 4. The third-order valence-corrected chi connectivity index (χ3v) is 2.19. The Bertz CT molecular complexity index is 602. The summed E-state index contributed by atoms with van der Waals surface area (Å²) >= 11 is 0. The first kappa shape index (κ1) is 16.4. The van der Waals surface area contributed by atoms with E-state index in [1.807, 2.05) is 0 Å². The van der Waals surface area contributed by atoms with Crippen molar-refractivity contribution in [2.24, 2.45) is 11.6 Å². The van der Waals surface area contributed by atoms with Crippen molar-refractivity contribution in [3.63, 3.8) is 0 Å². The molecule has 114 valence electrons. The van der Waals surface area contributed by atoms with Crippen LogP contribution in [0.25, 0.3) is 0 Å². The van der Waals surface area contributed by atoms with E-state index in [0.29, 0.717) is 6.07 Å². The fraction of sp³-hybridized carbons (Fsp3) is 0.100. The standard InChI is InChI=1S/C10H8F4N4O3/c11-6-4(10(12,13)14)2-1-3-5(6)17-9(21)18(16)8(20)7(15)19/h1-3H,16H2,(H2,15,19)(H,17,21). The minimum atomic E-state index is -4.98. The summed E-state index contributed by atoms with van der Waals surface area (Å²) in [5, 5.41) is 1.33. The Morgan fingerprint density at radius 3 is 2.24 bits per heavy atom. The highest BCUT2D eigenvalue weighted by atomic mass is 19.4. The molecule has 11 heteroatoms. The van der Waals surface area contributed by atoms with E-state index < -0.39 is 41.1 Å². The third kappa shape index (κ3) is 3.66. The minimum Gasteiger partial charge on any atom is -0.361 e. The number of anilines is 1. The van der Waals surface area contributed by atoms with E-state index in [2.05, 4.69) is 5.73 Å². The van der Waals surface area contributed by atoms with Crippen molar-refractivity contribution < 1.29 is 31.9 Å². The van der Waals surface area contributed by atoms with Crippen molar-refractivity contribution in [3.05, 3.63) is 29.6 Å². The van der Waals surface area contributed by atoms with Crippen molar-refractivity contribution in [2.75, 3.05) is 5.32 Å². The molecule has 0 unspecified atom stereocenters. The number of imide groups is 1. The number of urea groups is 1. The van der Waals surface area contributed by atoms with E-state index >= 15 is 0 Å². The number of nitrogens with one attached hydrogen (secondary N) is 1. The lowest BCUT2D eigenvalue weighted by molar-refractivity contribution is -0.142. The Kier molecular flexibility index (Phi) is 4.48. The van der Waals surface area contributed by atoms with Gasteiger partial charge in [-0.2, -0.15) is 18.2 Å². The van der Waals surface area contributed by atoms with Gasteiger partial charge in [-0.05, 0) is 12.1 Å². The number of alkyl halides is 3. The number of nitrogens with zero attached hydrogens (tertiary/aromatic N) is 1. The normalized spacial score (nSPS) is 10.9. The molecule has 0 saturated carbocycles. The van der Waals surface area contributed by atoms with Crippen molar-refractivity contribution >= 4 is 23.5 Å². The zero-order chi connectivity index (χ0) is 16.4. The molecular formula is C10H8F4N4O3. The summed E-state index contributed by atoms with van der Waals surface area (Å²) in [6.07, 6.45) is -4.98. The molecule has 0 spiro atoms. The van der Waals surface area contributed by atoms with Crippen LogP contribution in [-0.4, -0.2) is 22.9 Å². The SMILES string of the molecule is NC(=O)C(=O)N(N)C(=O)Nc1cccc(C(F)(F)F)c1F. The van der Waals surface area contributed by atoms with Crippen molar-refractivity contribution in [1.29, 1.82) is 0 Å². The Labute approximate surface area is 114 Å². The molecular weight excluding hydrogens is 300 g/mol. The van der Waals surface area contributed by atoms with E-state index in [0.717, 1.165) is 12.1 Å². The van der Waals surface area contributed by atoms with Gasteiger partial charge in [0.25, 0.3) is 0 Å². The molecule has 5 N–H and O–H groups in total. The Hall–Kier alpha value is -2.69. The quantitative estimate of drug-likeness (QED) is 0.231. The number of rotatable bonds is 1. The summed E-state index contributed by atoms with van der Waals surface area (Å²) in [5.74, 6) is -0.0530. The first-order valence-electron chi connectivity index (χ1n) is 5.11. The highest BCUT2D eigenvalue weighted by Gasteiger charge is 2.35. The van der Waals surface area contributed by atoms with Crippen LogP contribution in [-0.2, 0) is 15.8 Å². The molecule has 0 aromatic heterocycles. The average molecular weight is 308 g/mol. The van der Waals surface area contributed by atoms with Crippen LogP contribution in [0.4, 0.5) is 28.0 Å². The predicted octanol–water partition coefficient (Wildman–Crippen LogP) is 0.564. The van der Waals surface area contributed by atoms with Crippen LogP contribution in [0.3, 0.4) is 0 Å². The molecule has 0 atom stereocenters. The van der Waals surface area contributed by atoms with Gasteiger partial charge in [-0.15, -0.1) is 0 Å². The molecule has 0 radical (unpaired) electrons. The second-order valence-corrected chi connectivity index (χ2v) is 3.63. The van der Waals surface area contributed by atoms with Crippen LogP contribution in [0, 0.1) is 5.82 Å². The first-order valence-corrected chi connectivity index (χ1v) is 5.11. The van der Waals surface area contributed by atoms with Gasteiger partial charge in [-0.3, -0.25) is 9.59 Å². The number of hydrogen-bond donors (Lipinski definition) is 3. The lowest BCUT2D eigenvalue weighted by atomic mass is 10.2. The van der Waals surface area contributed by atoms with Crippen LogP contribution in [0.15, 0.2) is 18.2 Å². The molecule has 0 aliphatic heterocycles. The molecule has 7 nitrogen and oxygen atoms in total. The van der Waals surface area contributed by atoms with Crippen molar-refractivity contribution in [3.8, 4) is 0 Å². The lowest BCUT2D eigenvalue weighted by Gasteiger charge is -2.15. The largest absolute Gasteiger partial charge is 0.419 e. The molecule has 0 aliphatic rings. The number of nitrogens with two attached hydrogens (primary N) is 2. The monoisotopic (exact) mass is 308 g/mol. The minimum absolute atomic E-state index is 0.290. The molecule has 21 heavy (non-hydrogen) atoms. The smallest absolute Gasteiger partial charge is 0.361 e. The Morgan fingerprint density at radius 1 is 1.19 bits per heavy atom. The van der Waals surface area contributed by atoms with Gasteiger partial charge in [0.1, 0.15) is 0 Å². The topological polar surface area (TPSA) is 119 Å². The zero-order valence-electron chi connectivity index (χ0n) is 10.1. The highest BCUT2D eigenvalue weighted by Crippen LogP contribution is 2.33. The molecule has 1 aromatic rings. The molecule has 0 bridgehead atoms. The summed E-state index contributed by atoms with van der Waals surface area (Å²) in [6, 6.07) is 0.570. The van der Waals surface area contributed by atoms with Crippen LogP contribution in [0.2, 0.25) is 0 Å². The van der Waals surface area contributed by atoms with Crippen molar-refractivity contribution in [2.45, 2.75) is 6.18 Å². The predicted molar refractivity (Wildman–Crippen MR) is 60.6 cm³/mol. The van der Waals surface area contributed by atoms with E-state index in [1.165, 1.54) is 0 Å². The summed E-state index contributed by atoms with van der Waals surface area (Å²) in [5.41, 5.74) is 2.07. The number of primary amides is 1. The number of halogens is 4. The fourth-order valence-corrected chi connectivity index (χ4v) is 1.23. The summed E-state index contributed by atoms with van der Waals surface area (Å²) in [7, 11) is 0. The molecule has 1 aromatic carbocycles. The lowest BCUT2D eigenvalue weighted by Crippen LogP contribution is -2.50. The number of benzene rings is 1. The van der Waals surface area contributed by atoms with E-state index in [4.69, 9.17) is 5.84 Å². The maximum Gasteiger partial charge on any atom is 0.419 e. The van der Waals surface area contributed by atoms with Gasteiger partial charge in [0.2, 0.25) is 0 Å². The molecule has 4 amide bonds. The summed E-state index contributed by atoms with van der Waals surface area (Å²) in [6.45, 7) is 0. The number of carbonyl (C=O) groups is 3. The van der Waals surface area contributed by atoms with Crippen molar-refractivity contribution in [1.82, 2.24) is 5.01 Å². The maximum atomic E-state index is 13.6. The van der Waals surface area contributed by atoms with E-state index in [1.54, 1.807) is 5.32 Å². The molecule has 0 fully saturated rings. The van der Waals surface area contributed by atoms with Gasteiger partial charge >= 0.3 is 24.0 Å². The van der Waals surface area contributed by atoms with Gasteiger partial charge in [0.15, 0.2) is 5.82 Å². The second-order valence-electron chi connectivity index (χ2n) is 3.63. The molecule has 0 aliphatic carbocycles. The van der Waals surface area contributed by atoms with E-state index in [-0.39, 0.29) is 5.01 Å². The van der Waals surface area contributed by atoms with Crippen LogP contribution >= 0.6 is 0 Å². The number of hydrogen-bond acceptors (Lipinski definition) is 4. The fourth-order valence-electron chi connectivity index (χ4n) is 1.23. The average Bonchev–Trinajstić information content (AvgIpc) is 2.37. The number of hydrazine groups is 1. The summed E-state index contributed by atoms with van der Waals surface area (Å²) < 4.78 is 50.9. The molecule has 0 saturated heterocycles. The van der Waals surface area contributed by atoms with Gasteiger partial charge in [0.05, 0.1) is 11.3 Å². The summed E-state index contributed by atoms with van der Waals surface area (Å²) in [4.78, 5) is 32.9. The van der Waals surface area contributed by atoms with Crippen LogP contribution in [0.1, 0.15) is 5.56 Å². The molecule has 0 heterocycles. The first-order chi connectivity index (χ1) is 9.55. The number of carbonyl (C=O) groups excluding carboxylic acids is 3. The van der Waals surface area contributed by atoms with Gasteiger partial charge in [-0.25, -0.2) is 15.0 Å².